The predicted octanol–water partition coefficient (Wildman–Crippen LogP) is 5.86. The Kier molecular flexibility index (Phi) is 19.7. The second-order valence-corrected chi connectivity index (χ2v) is 13.6. The van der Waals surface area contributed by atoms with Crippen molar-refractivity contribution in [3.63, 3.8) is 0 Å². The summed E-state index contributed by atoms with van der Waals surface area (Å²) in [6.07, 6.45) is 24.9. The number of amides is 4. The first-order chi connectivity index (χ1) is 20.4. The Morgan fingerprint density at radius 2 is 1.29 bits per heavy atom. The molecule has 0 aromatic carbocycles. The summed E-state index contributed by atoms with van der Waals surface area (Å²) < 4.78 is 0. The molecule has 1 aliphatic carbocycles. The van der Waals surface area contributed by atoms with Crippen molar-refractivity contribution in [2.75, 3.05) is 24.6 Å². The molecule has 1 heterocycles. The standard InChI is InChI=1S/C33H60N4O4S/c1-2-29(33(34)41)37-24-27(23-32(37)40)21-22-35-30(38)25-42-26-31(39)36-28-19-17-15-13-11-9-7-5-3-4-6-8-10-12-14-16-18-20-28/h27-29H,2-26H2,1H3,(H2,34,41)(H,35,38)(H,36,39)/t27?,29-/m1/s1. The van der Waals surface area contributed by atoms with Gasteiger partial charge in [-0.25, -0.2) is 0 Å². The zero-order valence-corrected chi connectivity index (χ0v) is 27.3. The average Bonchev–Trinajstić information content (AvgIpc) is 3.31. The summed E-state index contributed by atoms with van der Waals surface area (Å²) >= 11 is 1.35. The number of likely N-dealkylation sites (tertiary alicyclic amines) is 1. The highest BCUT2D eigenvalue weighted by Crippen LogP contribution is 2.24. The van der Waals surface area contributed by atoms with Crippen molar-refractivity contribution >= 4 is 35.4 Å². The molecule has 0 aromatic rings. The van der Waals surface area contributed by atoms with Crippen LogP contribution in [0.25, 0.3) is 0 Å². The number of nitrogens with one attached hydrogen (secondary N) is 2. The van der Waals surface area contributed by atoms with E-state index in [1.165, 1.54) is 114 Å². The highest BCUT2D eigenvalue weighted by atomic mass is 32.2. The molecule has 0 aromatic heterocycles. The van der Waals surface area contributed by atoms with E-state index in [0.717, 1.165) is 12.8 Å². The Labute approximate surface area is 259 Å². The highest BCUT2D eigenvalue weighted by Gasteiger charge is 2.35. The Morgan fingerprint density at radius 1 is 0.810 bits per heavy atom. The fourth-order valence-corrected chi connectivity index (χ4v) is 7.05. The largest absolute Gasteiger partial charge is 0.368 e. The van der Waals surface area contributed by atoms with Crippen molar-refractivity contribution in [2.45, 2.75) is 154 Å². The number of primary amides is 1. The van der Waals surface area contributed by atoms with Gasteiger partial charge in [0, 0.05) is 25.6 Å². The molecule has 1 saturated carbocycles. The van der Waals surface area contributed by atoms with E-state index in [9.17, 15) is 19.2 Å². The molecule has 0 radical (unpaired) electrons. The van der Waals surface area contributed by atoms with Crippen LogP contribution in [0.2, 0.25) is 0 Å². The molecule has 1 saturated heterocycles. The van der Waals surface area contributed by atoms with Crippen LogP contribution in [-0.2, 0) is 19.2 Å². The third-order valence-electron chi connectivity index (χ3n) is 8.89. The lowest BCUT2D eigenvalue weighted by Crippen LogP contribution is -2.45. The van der Waals surface area contributed by atoms with Gasteiger partial charge in [-0.15, -0.1) is 11.8 Å². The van der Waals surface area contributed by atoms with Gasteiger partial charge in [-0.2, -0.15) is 0 Å². The van der Waals surface area contributed by atoms with Gasteiger partial charge < -0.3 is 21.3 Å². The molecule has 2 fully saturated rings. The molecule has 9 heteroatoms. The van der Waals surface area contributed by atoms with E-state index in [-0.39, 0.29) is 35.4 Å². The quantitative estimate of drug-likeness (QED) is 0.271. The first-order valence-electron chi connectivity index (χ1n) is 17.1. The molecular formula is C33H60N4O4S. The molecular weight excluding hydrogens is 548 g/mol. The van der Waals surface area contributed by atoms with Gasteiger partial charge in [-0.3, -0.25) is 19.2 Å². The van der Waals surface area contributed by atoms with Crippen LogP contribution >= 0.6 is 11.8 Å². The molecule has 0 spiro atoms. The van der Waals surface area contributed by atoms with E-state index < -0.39 is 11.9 Å². The Balaban J connectivity index is 1.63. The number of hydrogen-bond acceptors (Lipinski definition) is 5. The van der Waals surface area contributed by atoms with E-state index in [2.05, 4.69) is 10.6 Å². The van der Waals surface area contributed by atoms with Gasteiger partial charge in [0.2, 0.25) is 23.6 Å². The van der Waals surface area contributed by atoms with Gasteiger partial charge in [0.25, 0.3) is 0 Å². The second-order valence-electron chi connectivity index (χ2n) is 12.6. The highest BCUT2D eigenvalue weighted by molar-refractivity contribution is 8.00. The van der Waals surface area contributed by atoms with Gasteiger partial charge >= 0.3 is 0 Å². The van der Waals surface area contributed by atoms with E-state index in [4.69, 9.17) is 5.73 Å². The van der Waals surface area contributed by atoms with Crippen LogP contribution in [0.4, 0.5) is 0 Å². The van der Waals surface area contributed by atoms with Crippen molar-refractivity contribution < 1.29 is 19.2 Å². The Bertz CT molecular complexity index is 776. The summed E-state index contributed by atoms with van der Waals surface area (Å²) in [5.74, 6) is 0.0688. The summed E-state index contributed by atoms with van der Waals surface area (Å²) in [6, 6.07) is -0.308. The number of hydrogen-bond donors (Lipinski definition) is 3. The second kappa shape index (κ2) is 22.7. The third-order valence-corrected chi connectivity index (χ3v) is 9.82. The topological polar surface area (TPSA) is 122 Å². The zero-order chi connectivity index (χ0) is 30.4. The van der Waals surface area contributed by atoms with Gasteiger partial charge in [-0.05, 0) is 31.6 Å². The normalized spacial score (nSPS) is 22.0. The number of carbonyl (C=O) groups excluding carboxylic acids is 4. The molecule has 4 N–H and O–H groups in total. The minimum absolute atomic E-state index is 0.0284. The van der Waals surface area contributed by atoms with Crippen molar-refractivity contribution in [2.24, 2.45) is 11.7 Å². The molecule has 2 aliphatic rings. The SMILES string of the molecule is CC[C@H](C(N)=O)N1CC(CCNC(=O)CSCC(=O)NC2CCCCCCCCCCCCCCCCCC2)CC1=O. The minimum atomic E-state index is -0.549. The molecule has 1 aliphatic heterocycles. The number of carbonyl (C=O) groups is 4. The first kappa shape index (κ1) is 36.4. The van der Waals surface area contributed by atoms with Gasteiger partial charge in [0.05, 0.1) is 11.5 Å². The van der Waals surface area contributed by atoms with Gasteiger partial charge in [0.15, 0.2) is 0 Å². The van der Waals surface area contributed by atoms with Crippen LogP contribution in [-0.4, -0.2) is 65.2 Å². The molecule has 0 bridgehead atoms. The van der Waals surface area contributed by atoms with Crippen molar-refractivity contribution in [3.8, 4) is 0 Å². The van der Waals surface area contributed by atoms with Crippen molar-refractivity contribution in [3.05, 3.63) is 0 Å². The summed E-state index contributed by atoms with van der Waals surface area (Å²) in [5.41, 5.74) is 5.44. The Hall–Kier alpha value is -1.77. The lowest BCUT2D eigenvalue weighted by atomic mass is 10.00. The van der Waals surface area contributed by atoms with Crippen LogP contribution in [0.15, 0.2) is 0 Å². The average molecular weight is 609 g/mol. The van der Waals surface area contributed by atoms with Crippen LogP contribution in [0, 0.1) is 5.92 Å². The fraction of sp³-hybridized carbons (Fsp3) is 0.879. The summed E-state index contributed by atoms with van der Waals surface area (Å²) in [6.45, 7) is 2.84. The van der Waals surface area contributed by atoms with Crippen molar-refractivity contribution in [1.29, 1.82) is 0 Å². The Morgan fingerprint density at radius 3 is 1.76 bits per heavy atom. The van der Waals surface area contributed by atoms with Crippen LogP contribution < -0.4 is 16.4 Å². The van der Waals surface area contributed by atoms with Crippen LogP contribution in [0.3, 0.4) is 0 Å². The number of thioether (sulfide) groups is 1. The molecule has 2 atom stereocenters. The molecule has 4 amide bonds. The lowest BCUT2D eigenvalue weighted by molar-refractivity contribution is -0.136. The van der Waals surface area contributed by atoms with Gasteiger partial charge in [-0.1, -0.05) is 110 Å². The maximum atomic E-state index is 12.7. The monoisotopic (exact) mass is 608 g/mol. The third kappa shape index (κ3) is 16.2. The predicted molar refractivity (Wildman–Crippen MR) is 173 cm³/mol. The summed E-state index contributed by atoms with van der Waals surface area (Å²) in [7, 11) is 0. The molecule has 242 valence electrons. The van der Waals surface area contributed by atoms with Crippen molar-refractivity contribution in [1.82, 2.24) is 15.5 Å². The van der Waals surface area contributed by atoms with Crippen LogP contribution in [0.1, 0.15) is 142 Å². The van der Waals surface area contributed by atoms with Crippen LogP contribution in [0.5, 0.6) is 0 Å². The molecule has 2 rings (SSSR count). The number of nitrogens with zero attached hydrogens (tertiary/aromatic N) is 1. The minimum Gasteiger partial charge on any atom is -0.368 e. The maximum absolute atomic E-state index is 12.7. The molecule has 8 nitrogen and oxygen atoms in total. The summed E-state index contributed by atoms with van der Waals surface area (Å²) in [5, 5.41) is 6.19. The number of rotatable bonds is 11. The zero-order valence-electron chi connectivity index (χ0n) is 26.5. The lowest BCUT2D eigenvalue weighted by Gasteiger charge is -2.24. The smallest absolute Gasteiger partial charge is 0.240 e. The first-order valence-corrected chi connectivity index (χ1v) is 18.3. The van der Waals surface area contributed by atoms with E-state index in [1.54, 1.807) is 4.90 Å². The van der Waals surface area contributed by atoms with E-state index in [0.29, 0.717) is 38.1 Å². The summed E-state index contributed by atoms with van der Waals surface area (Å²) in [4.78, 5) is 50.5. The molecule has 42 heavy (non-hydrogen) atoms. The fourth-order valence-electron chi connectivity index (χ4n) is 6.40. The maximum Gasteiger partial charge on any atom is 0.240 e. The van der Waals surface area contributed by atoms with E-state index in [1.807, 2.05) is 6.92 Å². The molecule has 1 unspecified atom stereocenters. The number of nitrogens with two attached hydrogens (primary N) is 1. The van der Waals surface area contributed by atoms with E-state index >= 15 is 0 Å². The van der Waals surface area contributed by atoms with Gasteiger partial charge in [0.1, 0.15) is 6.04 Å².